The smallest absolute Gasteiger partial charge is 0.318 e. The third kappa shape index (κ3) is 6.72. The first-order valence-corrected chi connectivity index (χ1v) is 13.3. The molecule has 0 spiro atoms. The molecule has 39 heavy (non-hydrogen) atoms. The van der Waals surface area contributed by atoms with Crippen molar-refractivity contribution in [3.05, 3.63) is 65.0 Å². The molecule has 1 unspecified atom stereocenters. The Morgan fingerprint density at radius 3 is 2.31 bits per heavy atom. The quantitative estimate of drug-likeness (QED) is 0.232. The molecule has 208 valence electrons. The maximum Gasteiger partial charge on any atom is 0.318 e. The molecule has 2 aromatic carbocycles. The number of benzene rings is 2. The van der Waals surface area contributed by atoms with Crippen LogP contribution in [0.5, 0.6) is 11.5 Å². The summed E-state index contributed by atoms with van der Waals surface area (Å²) in [6.07, 6.45) is 1.45. The summed E-state index contributed by atoms with van der Waals surface area (Å²) in [5.74, 6) is 1.18. The molecule has 4 rings (SSSR count). The first-order chi connectivity index (χ1) is 18.9. The number of nitrogens with zero attached hydrogens (tertiary/aromatic N) is 4. The van der Waals surface area contributed by atoms with Crippen LogP contribution >= 0.6 is 0 Å². The standard InChI is InChI=1S/C28H36N6O5/c1-5-38-23-16-22(17-24(39-6-2)25(23)20(4)35)19(3)34(14-15-37-18-21-10-8-7-9-11-21)27(36)29-28(12-13-28)26-30-32-33-31-26/h7-11,16-17,19H,5-6,12-15,18H2,1-4H3,(H,29,36)(H,30,31,32,33). The molecule has 2 amide bonds. The van der Waals surface area contributed by atoms with Crippen LogP contribution in [0, 0.1) is 0 Å². The first kappa shape index (κ1) is 28.0. The number of hydrogen-bond donors (Lipinski definition) is 2. The maximum absolute atomic E-state index is 13.7. The van der Waals surface area contributed by atoms with Crippen molar-refractivity contribution in [2.75, 3.05) is 26.4 Å². The summed E-state index contributed by atoms with van der Waals surface area (Å²) in [6.45, 7) is 8.98. The molecular weight excluding hydrogens is 500 g/mol. The van der Waals surface area contributed by atoms with E-state index in [9.17, 15) is 9.59 Å². The topological polar surface area (TPSA) is 132 Å². The van der Waals surface area contributed by atoms with Crippen LogP contribution in [-0.4, -0.2) is 63.7 Å². The summed E-state index contributed by atoms with van der Waals surface area (Å²) in [5.41, 5.74) is 1.58. The van der Waals surface area contributed by atoms with Gasteiger partial charge in [0.2, 0.25) is 0 Å². The van der Waals surface area contributed by atoms with Crippen molar-refractivity contribution >= 4 is 11.8 Å². The van der Waals surface area contributed by atoms with E-state index < -0.39 is 11.6 Å². The number of carbonyl (C=O) groups is 2. The Kier molecular flexibility index (Phi) is 9.13. The maximum atomic E-state index is 13.7. The van der Waals surface area contributed by atoms with Crippen LogP contribution in [-0.2, 0) is 16.9 Å². The number of Topliss-reactive ketones (excluding diaryl/α,β-unsaturated/α-hetero) is 1. The zero-order valence-corrected chi connectivity index (χ0v) is 22.9. The van der Waals surface area contributed by atoms with E-state index in [1.54, 1.807) is 4.90 Å². The highest BCUT2D eigenvalue weighted by atomic mass is 16.5. The largest absolute Gasteiger partial charge is 0.493 e. The number of rotatable bonds is 14. The first-order valence-electron chi connectivity index (χ1n) is 13.3. The van der Waals surface area contributed by atoms with Gasteiger partial charge in [0.15, 0.2) is 11.6 Å². The molecule has 1 aliphatic rings. The van der Waals surface area contributed by atoms with E-state index in [0.29, 0.717) is 55.9 Å². The molecule has 1 aromatic heterocycles. The number of carbonyl (C=O) groups excluding carboxylic acids is 2. The van der Waals surface area contributed by atoms with Gasteiger partial charge < -0.3 is 24.4 Å². The van der Waals surface area contributed by atoms with E-state index >= 15 is 0 Å². The number of tetrazole rings is 1. The van der Waals surface area contributed by atoms with Crippen molar-refractivity contribution in [1.29, 1.82) is 0 Å². The lowest BCUT2D eigenvalue weighted by Gasteiger charge is -2.32. The number of ether oxygens (including phenoxy) is 3. The highest BCUT2D eigenvalue weighted by molar-refractivity contribution is 5.99. The van der Waals surface area contributed by atoms with Gasteiger partial charge in [-0.2, -0.15) is 5.21 Å². The van der Waals surface area contributed by atoms with Crippen LogP contribution in [0.3, 0.4) is 0 Å². The van der Waals surface area contributed by atoms with Gasteiger partial charge in [-0.15, -0.1) is 10.2 Å². The summed E-state index contributed by atoms with van der Waals surface area (Å²) in [5, 5.41) is 17.4. The molecule has 11 heteroatoms. The number of nitrogens with one attached hydrogen (secondary N) is 2. The molecule has 3 aromatic rings. The number of urea groups is 1. The van der Waals surface area contributed by atoms with Gasteiger partial charge in [-0.25, -0.2) is 4.79 Å². The second kappa shape index (κ2) is 12.7. The predicted octanol–water partition coefficient (Wildman–Crippen LogP) is 4.18. The van der Waals surface area contributed by atoms with E-state index in [1.165, 1.54) is 6.92 Å². The van der Waals surface area contributed by atoms with E-state index in [-0.39, 0.29) is 11.8 Å². The molecule has 1 aliphatic carbocycles. The van der Waals surface area contributed by atoms with Gasteiger partial charge >= 0.3 is 6.03 Å². The van der Waals surface area contributed by atoms with Crippen LogP contribution in [0.2, 0.25) is 0 Å². The Hall–Kier alpha value is -3.99. The normalized spacial score (nSPS) is 14.4. The molecule has 2 N–H and O–H groups in total. The second-order valence-corrected chi connectivity index (χ2v) is 9.47. The lowest BCUT2D eigenvalue weighted by Crippen LogP contribution is -2.47. The van der Waals surface area contributed by atoms with Gasteiger partial charge in [0.05, 0.1) is 32.5 Å². The average molecular weight is 537 g/mol. The van der Waals surface area contributed by atoms with Crippen LogP contribution in [0.1, 0.15) is 73.9 Å². The lowest BCUT2D eigenvalue weighted by atomic mass is 10.0. The molecular formula is C28H36N6O5. The predicted molar refractivity (Wildman–Crippen MR) is 144 cm³/mol. The summed E-state index contributed by atoms with van der Waals surface area (Å²) in [4.78, 5) is 27.9. The van der Waals surface area contributed by atoms with E-state index in [0.717, 1.165) is 24.0 Å². The molecule has 0 aliphatic heterocycles. The van der Waals surface area contributed by atoms with E-state index in [4.69, 9.17) is 14.2 Å². The van der Waals surface area contributed by atoms with Crippen molar-refractivity contribution in [2.45, 2.75) is 58.7 Å². The van der Waals surface area contributed by atoms with Crippen molar-refractivity contribution in [2.24, 2.45) is 0 Å². The Balaban J connectivity index is 1.59. The van der Waals surface area contributed by atoms with Gasteiger partial charge in [-0.05, 0) is 63.8 Å². The molecule has 1 fully saturated rings. The summed E-state index contributed by atoms with van der Waals surface area (Å²) in [7, 11) is 0. The average Bonchev–Trinajstić information content (AvgIpc) is 3.47. The third-order valence-electron chi connectivity index (χ3n) is 6.71. The van der Waals surface area contributed by atoms with Crippen molar-refractivity contribution in [1.82, 2.24) is 30.8 Å². The zero-order chi connectivity index (χ0) is 27.8. The number of amides is 2. The van der Waals surface area contributed by atoms with Crippen molar-refractivity contribution in [3.63, 3.8) is 0 Å². The summed E-state index contributed by atoms with van der Waals surface area (Å²) >= 11 is 0. The van der Waals surface area contributed by atoms with E-state index in [2.05, 4.69) is 25.9 Å². The van der Waals surface area contributed by atoms with Gasteiger partial charge in [0.25, 0.3) is 0 Å². The lowest BCUT2D eigenvalue weighted by molar-refractivity contribution is 0.0882. The number of hydrogen-bond acceptors (Lipinski definition) is 8. The Morgan fingerprint density at radius 1 is 1.10 bits per heavy atom. The SMILES string of the molecule is CCOc1cc(C(C)N(CCOCc2ccccc2)C(=O)NC2(c3nn[nH]n3)CC2)cc(OCC)c1C(C)=O. The number of H-pyrrole nitrogens is 1. The number of aromatic amines is 1. The molecule has 0 radical (unpaired) electrons. The Bertz CT molecular complexity index is 1220. The minimum atomic E-state index is -0.640. The van der Waals surface area contributed by atoms with Crippen LogP contribution in [0.25, 0.3) is 0 Å². The monoisotopic (exact) mass is 536 g/mol. The third-order valence-corrected chi connectivity index (χ3v) is 6.71. The van der Waals surface area contributed by atoms with Crippen LogP contribution < -0.4 is 14.8 Å². The fraction of sp³-hybridized carbons (Fsp3) is 0.464. The fourth-order valence-electron chi connectivity index (χ4n) is 4.49. The van der Waals surface area contributed by atoms with Gasteiger partial charge in [0, 0.05) is 6.54 Å². The zero-order valence-electron chi connectivity index (χ0n) is 22.9. The highest BCUT2D eigenvalue weighted by Gasteiger charge is 2.50. The van der Waals surface area contributed by atoms with Gasteiger partial charge in [0.1, 0.15) is 22.6 Å². The van der Waals surface area contributed by atoms with Crippen molar-refractivity contribution < 1.29 is 23.8 Å². The molecule has 1 atom stereocenters. The molecule has 1 saturated carbocycles. The van der Waals surface area contributed by atoms with E-state index in [1.807, 2.05) is 63.2 Å². The minimum Gasteiger partial charge on any atom is -0.493 e. The fourth-order valence-corrected chi connectivity index (χ4v) is 4.49. The highest BCUT2D eigenvalue weighted by Crippen LogP contribution is 2.44. The molecule has 11 nitrogen and oxygen atoms in total. The van der Waals surface area contributed by atoms with Crippen LogP contribution in [0.15, 0.2) is 42.5 Å². The molecule has 0 bridgehead atoms. The van der Waals surface area contributed by atoms with Crippen LogP contribution in [0.4, 0.5) is 4.79 Å². The van der Waals surface area contributed by atoms with Gasteiger partial charge in [-0.1, -0.05) is 35.5 Å². The second-order valence-electron chi connectivity index (χ2n) is 9.47. The summed E-state index contributed by atoms with van der Waals surface area (Å²) < 4.78 is 17.6. The van der Waals surface area contributed by atoms with Gasteiger partial charge in [-0.3, -0.25) is 4.79 Å². The van der Waals surface area contributed by atoms with Crippen molar-refractivity contribution in [3.8, 4) is 11.5 Å². The Morgan fingerprint density at radius 2 is 1.77 bits per heavy atom. The molecule has 0 saturated heterocycles. The number of aromatic nitrogens is 4. The minimum absolute atomic E-state index is 0.152. The molecule has 1 heterocycles. The Labute approximate surface area is 228 Å². The summed E-state index contributed by atoms with van der Waals surface area (Å²) in [6, 6.07) is 12.8. The number of ketones is 1.